The van der Waals surface area contributed by atoms with Gasteiger partial charge in [0.15, 0.2) is 0 Å². The van der Waals surface area contributed by atoms with Gasteiger partial charge in [-0.05, 0) is 30.5 Å². The van der Waals surface area contributed by atoms with Crippen molar-refractivity contribution in [2.24, 2.45) is 5.14 Å². The molecular weight excluding hydrogens is 327 g/mol. The third-order valence-electron chi connectivity index (χ3n) is 2.91. The van der Waals surface area contributed by atoms with Crippen molar-refractivity contribution < 1.29 is 21.6 Å². The van der Waals surface area contributed by atoms with Crippen LogP contribution in [0.1, 0.15) is 25.3 Å². The first kappa shape index (κ1) is 16.4. The summed E-state index contributed by atoms with van der Waals surface area (Å²) >= 11 is 1.09. The molecule has 0 aromatic heterocycles. The normalized spacial score (nSPS) is 19.0. The number of rotatable bonds is 3. The minimum absolute atomic E-state index is 0.172. The summed E-state index contributed by atoms with van der Waals surface area (Å²) in [6.07, 6.45) is -3.39. The Morgan fingerprint density at radius 2 is 2.05 bits per heavy atom. The number of primary sulfonamides is 1. The molecule has 5 nitrogen and oxygen atoms in total. The summed E-state index contributed by atoms with van der Waals surface area (Å²) in [6, 6.07) is 1.74. The van der Waals surface area contributed by atoms with E-state index in [1.54, 1.807) is 0 Å². The zero-order valence-electron chi connectivity index (χ0n) is 11.0. The molecule has 1 aromatic rings. The van der Waals surface area contributed by atoms with Crippen LogP contribution in [0.5, 0.6) is 0 Å². The number of benzene rings is 1. The van der Waals surface area contributed by atoms with Crippen LogP contribution in [0.2, 0.25) is 0 Å². The van der Waals surface area contributed by atoms with E-state index in [1.165, 1.54) is 0 Å². The van der Waals surface area contributed by atoms with Crippen LogP contribution in [0.25, 0.3) is 0 Å². The molecule has 1 aliphatic heterocycles. The first-order chi connectivity index (χ1) is 9.63. The molecule has 0 spiro atoms. The quantitative estimate of drug-likeness (QED) is 0.736. The van der Waals surface area contributed by atoms with Crippen molar-refractivity contribution in [2.45, 2.75) is 41.9 Å². The molecule has 0 fully saturated rings. The number of fused-ring (bicyclic) bond motifs is 1. The summed E-state index contributed by atoms with van der Waals surface area (Å²) < 4.78 is 64.8. The summed E-state index contributed by atoms with van der Waals surface area (Å²) in [4.78, 5) is -0.557. The molecule has 118 valence electrons. The predicted octanol–water partition coefficient (Wildman–Crippen LogP) is 2.50. The molecule has 0 radical (unpaired) electrons. The fourth-order valence-electron chi connectivity index (χ4n) is 1.99. The third kappa shape index (κ3) is 3.62. The molecule has 1 atom stereocenters. The Hall–Kier alpha value is -0.970. The van der Waals surface area contributed by atoms with Crippen molar-refractivity contribution >= 4 is 27.7 Å². The van der Waals surface area contributed by atoms with Gasteiger partial charge in [0, 0.05) is 4.90 Å². The minimum atomic E-state index is -4.80. The molecular formula is C11H14F3N3O2S2. The van der Waals surface area contributed by atoms with Gasteiger partial charge < -0.3 is 5.32 Å². The molecule has 0 amide bonds. The zero-order valence-corrected chi connectivity index (χ0v) is 12.6. The Labute approximate surface area is 124 Å². The highest BCUT2D eigenvalue weighted by Gasteiger charge is 2.38. The second-order valence-electron chi connectivity index (χ2n) is 4.59. The van der Waals surface area contributed by atoms with E-state index >= 15 is 0 Å². The van der Waals surface area contributed by atoms with Crippen molar-refractivity contribution in [3.05, 3.63) is 17.7 Å². The molecule has 10 heteroatoms. The average Bonchev–Trinajstić information content (AvgIpc) is 2.35. The Morgan fingerprint density at radius 3 is 2.57 bits per heavy atom. The van der Waals surface area contributed by atoms with E-state index in [9.17, 15) is 21.6 Å². The Balaban J connectivity index is 2.53. The monoisotopic (exact) mass is 341 g/mol. The van der Waals surface area contributed by atoms with Gasteiger partial charge in [-0.1, -0.05) is 13.3 Å². The number of sulfonamides is 1. The number of halogens is 3. The number of alkyl halides is 3. The van der Waals surface area contributed by atoms with E-state index < -0.39 is 26.7 Å². The molecule has 1 unspecified atom stereocenters. The van der Waals surface area contributed by atoms with Crippen molar-refractivity contribution in [3.8, 4) is 0 Å². The van der Waals surface area contributed by atoms with Crippen LogP contribution >= 0.6 is 11.9 Å². The molecule has 1 heterocycles. The van der Waals surface area contributed by atoms with Gasteiger partial charge in [-0.15, -0.1) is 0 Å². The van der Waals surface area contributed by atoms with E-state index in [-0.39, 0.29) is 11.9 Å². The summed E-state index contributed by atoms with van der Waals surface area (Å²) in [5.74, 6) is 0. The maximum absolute atomic E-state index is 13.0. The van der Waals surface area contributed by atoms with Gasteiger partial charge in [-0.2, -0.15) is 13.2 Å². The number of hydrogen-bond donors (Lipinski definition) is 3. The molecule has 0 bridgehead atoms. The summed E-state index contributed by atoms with van der Waals surface area (Å²) in [5, 5.41) is 7.81. The SMILES string of the molecule is CCCC1NSc2cc(S(N)(=O)=O)c(C(F)(F)F)cc2N1. The summed E-state index contributed by atoms with van der Waals surface area (Å²) in [6.45, 7) is 1.95. The second-order valence-corrected chi connectivity index (χ2v) is 7.00. The van der Waals surface area contributed by atoms with Crippen LogP contribution in [0.3, 0.4) is 0 Å². The maximum Gasteiger partial charge on any atom is 0.417 e. The fraction of sp³-hybridized carbons (Fsp3) is 0.455. The highest BCUT2D eigenvalue weighted by atomic mass is 32.2. The lowest BCUT2D eigenvalue weighted by Crippen LogP contribution is -2.35. The summed E-state index contributed by atoms with van der Waals surface area (Å²) in [7, 11) is -4.46. The standard InChI is InChI=1S/C11H14F3N3O2S2/c1-2-3-10-16-7-4-6(11(12,13)14)9(21(15,18)19)5-8(7)20-17-10/h4-5,10,16-17H,2-3H2,1H3,(H2,15,18,19). The van der Waals surface area contributed by atoms with Crippen LogP contribution in [-0.2, 0) is 16.2 Å². The van der Waals surface area contributed by atoms with Gasteiger partial charge in [0.25, 0.3) is 0 Å². The maximum atomic E-state index is 13.0. The highest BCUT2D eigenvalue weighted by molar-refractivity contribution is 7.97. The Kier molecular flexibility index (Phi) is 4.43. The van der Waals surface area contributed by atoms with E-state index in [2.05, 4.69) is 10.0 Å². The van der Waals surface area contributed by atoms with Crippen molar-refractivity contribution in [1.29, 1.82) is 0 Å². The lowest BCUT2D eigenvalue weighted by Gasteiger charge is -2.28. The average molecular weight is 341 g/mol. The first-order valence-corrected chi connectivity index (χ1v) is 8.46. The number of hydrogen-bond acceptors (Lipinski definition) is 5. The van der Waals surface area contributed by atoms with Gasteiger partial charge in [0.2, 0.25) is 10.0 Å². The van der Waals surface area contributed by atoms with Gasteiger partial charge in [0.1, 0.15) is 0 Å². The third-order valence-corrected chi connectivity index (χ3v) is 4.82. The molecule has 0 saturated carbocycles. The van der Waals surface area contributed by atoms with Gasteiger partial charge in [-0.25, -0.2) is 18.3 Å². The van der Waals surface area contributed by atoms with Crippen molar-refractivity contribution in [3.63, 3.8) is 0 Å². The fourth-order valence-corrected chi connectivity index (χ4v) is 3.68. The zero-order chi connectivity index (χ0) is 15.8. The largest absolute Gasteiger partial charge is 0.417 e. The topological polar surface area (TPSA) is 84.2 Å². The molecule has 21 heavy (non-hydrogen) atoms. The second kappa shape index (κ2) is 5.67. The van der Waals surface area contributed by atoms with E-state index in [1.807, 2.05) is 6.92 Å². The van der Waals surface area contributed by atoms with Gasteiger partial charge in [-0.3, -0.25) is 0 Å². The molecule has 4 N–H and O–H groups in total. The van der Waals surface area contributed by atoms with Crippen molar-refractivity contribution in [2.75, 3.05) is 5.32 Å². The van der Waals surface area contributed by atoms with Crippen molar-refractivity contribution in [1.82, 2.24) is 4.72 Å². The van der Waals surface area contributed by atoms with Gasteiger partial charge >= 0.3 is 6.18 Å². The first-order valence-electron chi connectivity index (χ1n) is 6.10. The van der Waals surface area contributed by atoms with Crippen LogP contribution < -0.4 is 15.2 Å². The number of anilines is 1. The molecule has 0 aliphatic carbocycles. The van der Waals surface area contributed by atoms with Crippen LogP contribution in [-0.4, -0.2) is 14.6 Å². The molecule has 0 saturated heterocycles. The molecule has 2 rings (SSSR count). The Bertz CT molecular complexity index is 647. The lowest BCUT2D eigenvalue weighted by molar-refractivity contribution is -0.139. The number of nitrogens with one attached hydrogen (secondary N) is 2. The van der Waals surface area contributed by atoms with E-state index in [0.717, 1.165) is 36.9 Å². The lowest BCUT2D eigenvalue weighted by atomic mass is 10.1. The highest BCUT2D eigenvalue weighted by Crippen LogP contribution is 2.41. The van der Waals surface area contributed by atoms with Crippen LogP contribution in [0.4, 0.5) is 18.9 Å². The Morgan fingerprint density at radius 1 is 1.38 bits per heavy atom. The molecule has 1 aromatic carbocycles. The van der Waals surface area contributed by atoms with Gasteiger partial charge in [0.05, 0.1) is 22.3 Å². The number of nitrogens with two attached hydrogens (primary N) is 1. The van der Waals surface area contributed by atoms with E-state index in [4.69, 9.17) is 5.14 Å². The van der Waals surface area contributed by atoms with Crippen LogP contribution in [0.15, 0.2) is 21.9 Å². The summed E-state index contributed by atoms with van der Waals surface area (Å²) in [5.41, 5.74) is -1.01. The smallest absolute Gasteiger partial charge is 0.368 e. The minimum Gasteiger partial charge on any atom is -0.368 e. The molecule has 1 aliphatic rings. The van der Waals surface area contributed by atoms with E-state index in [0.29, 0.717) is 4.90 Å². The van der Waals surface area contributed by atoms with Crippen LogP contribution in [0, 0.1) is 0 Å². The predicted molar refractivity (Wildman–Crippen MR) is 74.1 cm³/mol.